The summed E-state index contributed by atoms with van der Waals surface area (Å²) in [5.41, 5.74) is 1.62. The predicted octanol–water partition coefficient (Wildman–Crippen LogP) is 2.81. The highest BCUT2D eigenvalue weighted by Gasteiger charge is 2.18. The molecule has 1 heterocycles. The Labute approximate surface area is 113 Å². The molecule has 0 bridgehead atoms. The van der Waals surface area contributed by atoms with Crippen molar-refractivity contribution in [3.05, 3.63) is 29.3 Å². The Morgan fingerprint density at radius 3 is 2.58 bits per heavy atom. The lowest BCUT2D eigenvalue weighted by Crippen LogP contribution is -1.99. The van der Waals surface area contributed by atoms with E-state index in [2.05, 4.69) is 0 Å². The van der Waals surface area contributed by atoms with Gasteiger partial charge >= 0.3 is 5.97 Å². The van der Waals surface area contributed by atoms with E-state index in [0.717, 1.165) is 11.3 Å². The first kappa shape index (κ1) is 13.5. The van der Waals surface area contributed by atoms with Crippen LogP contribution in [0, 0.1) is 0 Å². The van der Waals surface area contributed by atoms with Crippen LogP contribution in [0.4, 0.5) is 0 Å². The molecule has 102 valence electrons. The quantitative estimate of drug-likeness (QED) is 0.604. The molecule has 1 aromatic carbocycles. The van der Waals surface area contributed by atoms with Gasteiger partial charge < -0.3 is 14.2 Å². The number of benzene rings is 1. The molecular weight excluding hydrogens is 244 g/mol. The zero-order valence-electron chi connectivity index (χ0n) is 11.3. The Morgan fingerprint density at radius 1 is 1.21 bits per heavy atom. The second kappa shape index (κ2) is 6.27. The third kappa shape index (κ3) is 3.28. The van der Waals surface area contributed by atoms with Crippen LogP contribution >= 0.6 is 0 Å². The molecule has 0 amide bonds. The van der Waals surface area contributed by atoms with Gasteiger partial charge in [0.15, 0.2) is 11.5 Å². The van der Waals surface area contributed by atoms with E-state index in [1.54, 1.807) is 0 Å². The van der Waals surface area contributed by atoms with Crippen LogP contribution in [0.1, 0.15) is 25.8 Å². The molecule has 1 aliphatic rings. The second-order valence-corrected chi connectivity index (χ2v) is 4.13. The summed E-state index contributed by atoms with van der Waals surface area (Å²) < 4.78 is 16.0. The lowest BCUT2D eigenvalue weighted by atomic mass is 10.1. The standard InChI is InChI=1S/C15H18O4/c1-3-17-13-6-5-11(10-14(13)18-4-2)9-12-7-8-19-15(12)16/h5-6,9-10H,3-4,7-8H2,1-2H3/b12-9+. The van der Waals surface area contributed by atoms with E-state index in [-0.39, 0.29) is 5.97 Å². The fourth-order valence-corrected chi connectivity index (χ4v) is 1.94. The lowest BCUT2D eigenvalue weighted by molar-refractivity contribution is -0.134. The van der Waals surface area contributed by atoms with Crippen LogP contribution in [0.2, 0.25) is 0 Å². The van der Waals surface area contributed by atoms with E-state index in [1.807, 2.05) is 38.1 Å². The molecule has 0 radical (unpaired) electrons. The molecule has 2 rings (SSSR count). The molecule has 1 fully saturated rings. The topological polar surface area (TPSA) is 44.8 Å². The zero-order chi connectivity index (χ0) is 13.7. The van der Waals surface area contributed by atoms with E-state index in [4.69, 9.17) is 14.2 Å². The maximum atomic E-state index is 11.4. The van der Waals surface area contributed by atoms with E-state index in [1.165, 1.54) is 0 Å². The third-order valence-corrected chi connectivity index (χ3v) is 2.78. The van der Waals surface area contributed by atoms with Crippen LogP contribution in [-0.2, 0) is 9.53 Å². The second-order valence-electron chi connectivity index (χ2n) is 4.13. The van der Waals surface area contributed by atoms with Crippen LogP contribution in [-0.4, -0.2) is 25.8 Å². The summed E-state index contributed by atoms with van der Waals surface area (Å²) in [6, 6.07) is 5.65. The highest BCUT2D eigenvalue weighted by Crippen LogP contribution is 2.30. The van der Waals surface area contributed by atoms with Crippen molar-refractivity contribution >= 4 is 12.0 Å². The molecule has 0 aromatic heterocycles. The van der Waals surface area contributed by atoms with E-state index < -0.39 is 0 Å². The fourth-order valence-electron chi connectivity index (χ4n) is 1.94. The molecular formula is C15H18O4. The fraction of sp³-hybridized carbons (Fsp3) is 0.400. The van der Waals surface area contributed by atoms with Crippen LogP contribution in [0.3, 0.4) is 0 Å². The van der Waals surface area contributed by atoms with Gasteiger partial charge in [0, 0.05) is 12.0 Å². The smallest absolute Gasteiger partial charge is 0.334 e. The first-order valence-corrected chi connectivity index (χ1v) is 6.52. The number of hydrogen-bond donors (Lipinski definition) is 0. The Hall–Kier alpha value is -1.97. The van der Waals surface area contributed by atoms with Crippen molar-refractivity contribution in [1.29, 1.82) is 0 Å². The van der Waals surface area contributed by atoms with Crippen LogP contribution in [0.15, 0.2) is 23.8 Å². The average Bonchev–Trinajstić information content (AvgIpc) is 2.79. The minimum atomic E-state index is -0.230. The maximum Gasteiger partial charge on any atom is 0.334 e. The van der Waals surface area contributed by atoms with Gasteiger partial charge in [-0.1, -0.05) is 6.07 Å². The summed E-state index contributed by atoms with van der Waals surface area (Å²) in [6.07, 6.45) is 2.50. The number of ether oxygens (including phenoxy) is 3. The summed E-state index contributed by atoms with van der Waals surface area (Å²) in [6.45, 7) is 5.49. The summed E-state index contributed by atoms with van der Waals surface area (Å²) >= 11 is 0. The van der Waals surface area contributed by atoms with Crippen molar-refractivity contribution in [2.24, 2.45) is 0 Å². The molecule has 4 nitrogen and oxygen atoms in total. The Bertz CT molecular complexity index is 491. The summed E-state index contributed by atoms with van der Waals surface area (Å²) in [5.74, 6) is 1.19. The number of rotatable bonds is 5. The average molecular weight is 262 g/mol. The third-order valence-electron chi connectivity index (χ3n) is 2.78. The van der Waals surface area contributed by atoms with Crippen molar-refractivity contribution in [3.63, 3.8) is 0 Å². The van der Waals surface area contributed by atoms with Gasteiger partial charge in [0.25, 0.3) is 0 Å². The molecule has 0 unspecified atom stereocenters. The first-order chi connectivity index (χ1) is 9.24. The lowest BCUT2D eigenvalue weighted by Gasteiger charge is -2.11. The highest BCUT2D eigenvalue weighted by atomic mass is 16.5. The van der Waals surface area contributed by atoms with Gasteiger partial charge in [-0.25, -0.2) is 4.79 Å². The van der Waals surface area contributed by atoms with Gasteiger partial charge in [0.05, 0.1) is 19.8 Å². The van der Waals surface area contributed by atoms with E-state index >= 15 is 0 Å². The number of cyclic esters (lactones) is 1. The summed E-state index contributed by atoms with van der Waals surface area (Å²) in [4.78, 5) is 11.4. The SMILES string of the molecule is CCOc1ccc(/C=C2\CCOC2=O)cc1OCC. The molecule has 0 aliphatic carbocycles. The maximum absolute atomic E-state index is 11.4. The summed E-state index contributed by atoms with van der Waals surface area (Å²) in [5, 5.41) is 0. The highest BCUT2D eigenvalue weighted by molar-refractivity contribution is 5.95. The zero-order valence-corrected chi connectivity index (χ0v) is 11.3. The van der Waals surface area contributed by atoms with Gasteiger partial charge in [-0.3, -0.25) is 0 Å². The molecule has 1 aromatic rings. The van der Waals surface area contributed by atoms with Gasteiger partial charge in [0.2, 0.25) is 0 Å². The largest absolute Gasteiger partial charge is 0.490 e. The molecule has 0 atom stereocenters. The molecule has 0 N–H and O–H groups in total. The van der Waals surface area contributed by atoms with E-state index in [0.29, 0.717) is 37.6 Å². The van der Waals surface area contributed by atoms with E-state index in [9.17, 15) is 4.79 Å². The number of esters is 1. The number of carbonyl (C=O) groups excluding carboxylic acids is 1. The minimum Gasteiger partial charge on any atom is -0.490 e. The normalized spacial score (nSPS) is 16.5. The van der Waals surface area contributed by atoms with Crippen molar-refractivity contribution in [3.8, 4) is 11.5 Å². The molecule has 1 saturated heterocycles. The summed E-state index contributed by atoms with van der Waals surface area (Å²) in [7, 11) is 0. The molecule has 0 spiro atoms. The minimum absolute atomic E-state index is 0.230. The van der Waals surface area contributed by atoms with Crippen LogP contribution in [0.5, 0.6) is 11.5 Å². The van der Waals surface area contributed by atoms with Gasteiger partial charge in [-0.05, 0) is 37.6 Å². The van der Waals surface area contributed by atoms with Gasteiger partial charge in [0.1, 0.15) is 0 Å². The Balaban J connectivity index is 2.27. The first-order valence-electron chi connectivity index (χ1n) is 6.52. The number of carbonyl (C=O) groups is 1. The van der Waals surface area contributed by atoms with Crippen molar-refractivity contribution in [2.45, 2.75) is 20.3 Å². The van der Waals surface area contributed by atoms with Gasteiger partial charge in [-0.2, -0.15) is 0 Å². The van der Waals surface area contributed by atoms with Gasteiger partial charge in [-0.15, -0.1) is 0 Å². The Kier molecular flexibility index (Phi) is 4.44. The van der Waals surface area contributed by atoms with Crippen LogP contribution < -0.4 is 9.47 Å². The van der Waals surface area contributed by atoms with Crippen molar-refractivity contribution in [1.82, 2.24) is 0 Å². The molecule has 4 heteroatoms. The molecule has 19 heavy (non-hydrogen) atoms. The number of hydrogen-bond acceptors (Lipinski definition) is 4. The molecule has 1 aliphatic heterocycles. The predicted molar refractivity (Wildman–Crippen MR) is 72.3 cm³/mol. The monoisotopic (exact) mass is 262 g/mol. The van der Waals surface area contributed by atoms with Crippen LogP contribution in [0.25, 0.3) is 6.08 Å². The van der Waals surface area contributed by atoms with Crippen molar-refractivity contribution < 1.29 is 19.0 Å². The molecule has 0 saturated carbocycles. The Morgan fingerprint density at radius 2 is 1.95 bits per heavy atom. The van der Waals surface area contributed by atoms with Crippen molar-refractivity contribution in [2.75, 3.05) is 19.8 Å².